The fraction of sp³-hybridized carbons (Fsp3) is 0.350. The summed E-state index contributed by atoms with van der Waals surface area (Å²) in [5.74, 6) is -0.473. The molecule has 1 heterocycles. The lowest BCUT2D eigenvalue weighted by Gasteiger charge is -2.31. The Bertz CT molecular complexity index is 1100. The van der Waals surface area contributed by atoms with Crippen LogP contribution in [0.25, 0.3) is 0 Å². The number of amides is 1. The van der Waals surface area contributed by atoms with Crippen molar-refractivity contribution in [2.75, 3.05) is 13.1 Å². The van der Waals surface area contributed by atoms with E-state index in [2.05, 4.69) is 5.32 Å². The fourth-order valence-electron chi connectivity index (χ4n) is 3.49. The number of carbonyl (C=O) groups excluding carboxylic acids is 1. The van der Waals surface area contributed by atoms with Crippen LogP contribution in [0.1, 0.15) is 31.4 Å². The van der Waals surface area contributed by atoms with Crippen molar-refractivity contribution in [1.82, 2.24) is 9.62 Å². The Morgan fingerprint density at radius 1 is 1.19 bits per heavy atom. The molecular weight excluding hydrogens is 465 g/mol. The summed E-state index contributed by atoms with van der Waals surface area (Å²) in [4.78, 5) is 22.8. The van der Waals surface area contributed by atoms with Crippen molar-refractivity contribution in [2.24, 2.45) is 5.92 Å². The zero-order valence-electron chi connectivity index (χ0n) is 16.6. The minimum Gasteiger partial charge on any atom is -0.349 e. The van der Waals surface area contributed by atoms with Crippen molar-refractivity contribution in [1.29, 1.82) is 0 Å². The number of nitro groups is 1. The molecule has 8 nitrogen and oxygen atoms in total. The second-order valence-corrected chi connectivity index (χ2v) is 10.1. The maximum Gasteiger partial charge on any atom is 0.289 e. The number of carbonyl (C=O) groups is 1. The molecule has 0 saturated carbocycles. The summed E-state index contributed by atoms with van der Waals surface area (Å²) < 4.78 is 27.0. The van der Waals surface area contributed by atoms with E-state index in [0.717, 1.165) is 11.6 Å². The van der Waals surface area contributed by atoms with Gasteiger partial charge in [0.2, 0.25) is 15.9 Å². The third-order valence-corrected chi connectivity index (χ3v) is 7.73. The average Bonchev–Trinajstić information content (AvgIpc) is 2.73. The number of sulfonamides is 1. The lowest BCUT2D eigenvalue weighted by atomic mass is 9.96. The zero-order valence-corrected chi connectivity index (χ0v) is 19.0. The third kappa shape index (κ3) is 5.35. The van der Waals surface area contributed by atoms with E-state index in [0.29, 0.717) is 17.9 Å². The van der Waals surface area contributed by atoms with Crippen LogP contribution in [-0.2, 0) is 14.8 Å². The SMILES string of the molecule is CC(NC(=O)C1CCN(S(=O)(=O)c2ccc(Cl)c([N+](=O)[O-])c2)CC1)c1cccc(Cl)c1. The number of nitro benzene ring substituents is 1. The number of halogens is 2. The molecule has 3 rings (SSSR count). The second-order valence-electron chi connectivity index (χ2n) is 7.33. The summed E-state index contributed by atoms with van der Waals surface area (Å²) in [5, 5.41) is 14.5. The van der Waals surface area contributed by atoms with Crippen LogP contribution in [0.2, 0.25) is 10.0 Å². The molecule has 2 aromatic rings. The molecule has 0 aliphatic carbocycles. The van der Waals surface area contributed by atoms with Crippen LogP contribution in [0.5, 0.6) is 0 Å². The van der Waals surface area contributed by atoms with Gasteiger partial charge >= 0.3 is 0 Å². The van der Waals surface area contributed by atoms with E-state index >= 15 is 0 Å². The molecule has 1 N–H and O–H groups in total. The number of nitrogens with one attached hydrogen (secondary N) is 1. The van der Waals surface area contributed by atoms with E-state index in [1.54, 1.807) is 12.1 Å². The monoisotopic (exact) mass is 485 g/mol. The number of piperidine rings is 1. The predicted molar refractivity (Wildman–Crippen MR) is 118 cm³/mol. The highest BCUT2D eigenvalue weighted by molar-refractivity contribution is 7.89. The first-order valence-electron chi connectivity index (χ1n) is 9.59. The van der Waals surface area contributed by atoms with Gasteiger partial charge in [-0.05, 0) is 49.6 Å². The highest BCUT2D eigenvalue weighted by Gasteiger charge is 2.33. The van der Waals surface area contributed by atoms with E-state index < -0.39 is 20.6 Å². The predicted octanol–water partition coefficient (Wildman–Crippen LogP) is 4.18. The molecule has 11 heteroatoms. The Hall–Kier alpha value is -2.20. The molecular formula is C20H21Cl2N3O5S. The standard InChI is InChI=1S/C20H21Cl2N3O5S/c1-13(15-3-2-4-16(21)11-15)23-20(26)14-7-9-24(10-8-14)31(29,30)17-5-6-18(22)19(12-17)25(27)28/h2-6,11-14H,7-10H2,1H3,(H,23,26). The van der Waals surface area contributed by atoms with E-state index in [-0.39, 0.29) is 40.9 Å². The smallest absolute Gasteiger partial charge is 0.289 e. The van der Waals surface area contributed by atoms with Crippen LogP contribution in [0.15, 0.2) is 47.4 Å². The molecule has 2 aromatic carbocycles. The summed E-state index contributed by atoms with van der Waals surface area (Å²) in [6.45, 7) is 2.14. The van der Waals surface area contributed by atoms with Crippen molar-refractivity contribution < 1.29 is 18.1 Å². The van der Waals surface area contributed by atoms with Gasteiger partial charge in [-0.3, -0.25) is 14.9 Å². The molecule has 0 bridgehead atoms. The Labute approximate surface area is 190 Å². The lowest BCUT2D eigenvalue weighted by molar-refractivity contribution is -0.384. The maximum absolute atomic E-state index is 12.9. The van der Waals surface area contributed by atoms with E-state index in [9.17, 15) is 23.3 Å². The summed E-state index contributed by atoms with van der Waals surface area (Å²) >= 11 is 11.8. The van der Waals surface area contributed by atoms with Gasteiger partial charge in [0.05, 0.1) is 15.9 Å². The first-order chi connectivity index (χ1) is 14.6. The average molecular weight is 486 g/mol. The van der Waals surface area contributed by atoms with Crippen molar-refractivity contribution in [3.63, 3.8) is 0 Å². The molecule has 1 aliphatic rings. The van der Waals surface area contributed by atoms with Gasteiger partial charge in [-0.25, -0.2) is 8.42 Å². The van der Waals surface area contributed by atoms with Gasteiger partial charge in [0.15, 0.2) is 0 Å². The number of hydrogen-bond acceptors (Lipinski definition) is 5. The normalized spacial score (nSPS) is 16.6. The van der Waals surface area contributed by atoms with E-state index in [4.69, 9.17) is 23.2 Å². The number of rotatable bonds is 6. The lowest BCUT2D eigenvalue weighted by Crippen LogP contribution is -2.43. The molecule has 0 spiro atoms. The molecule has 1 aliphatic heterocycles. The Morgan fingerprint density at radius 3 is 2.48 bits per heavy atom. The van der Waals surface area contributed by atoms with E-state index in [1.165, 1.54) is 16.4 Å². The van der Waals surface area contributed by atoms with Crippen LogP contribution in [-0.4, -0.2) is 36.6 Å². The molecule has 1 atom stereocenters. The van der Waals surface area contributed by atoms with Crippen molar-refractivity contribution >= 4 is 44.8 Å². The van der Waals surface area contributed by atoms with Crippen LogP contribution in [0, 0.1) is 16.0 Å². The summed E-state index contributed by atoms with van der Waals surface area (Å²) in [5.41, 5.74) is 0.414. The number of hydrogen-bond donors (Lipinski definition) is 1. The van der Waals surface area contributed by atoms with E-state index in [1.807, 2.05) is 19.1 Å². The Kier molecular flexibility index (Phi) is 7.20. The highest BCUT2D eigenvalue weighted by atomic mass is 35.5. The third-order valence-electron chi connectivity index (χ3n) is 5.28. The number of benzene rings is 2. The first kappa shape index (κ1) is 23.5. The van der Waals surface area contributed by atoms with Gasteiger partial charge < -0.3 is 5.32 Å². The highest BCUT2D eigenvalue weighted by Crippen LogP contribution is 2.30. The van der Waals surface area contributed by atoms with Crippen molar-refractivity contribution in [3.8, 4) is 0 Å². The van der Waals surface area contributed by atoms with Crippen molar-refractivity contribution in [3.05, 3.63) is 68.2 Å². The minimum absolute atomic E-state index is 0.131. The van der Waals surface area contributed by atoms with Crippen molar-refractivity contribution in [2.45, 2.75) is 30.7 Å². The minimum atomic E-state index is -3.93. The van der Waals surface area contributed by atoms with Gasteiger partial charge in [-0.15, -0.1) is 0 Å². The first-order valence-corrected chi connectivity index (χ1v) is 11.8. The molecule has 1 fully saturated rings. The van der Waals surface area contributed by atoms with Crippen LogP contribution in [0.4, 0.5) is 5.69 Å². The quantitative estimate of drug-likeness (QED) is 0.487. The Balaban J connectivity index is 1.64. The second kappa shape index (κ2) is 9.52. The summed E-state index contributed by atoms with van der Waals surface area (Å²) in [6.07, 6.45) is 0.700. The topological polar surface area (TPSA) is 110 Å². The molecule has 31 heavy (non-hydrogen) atoms. The zero-order chi connectivity index (χ0) is 22.8. The van der Waals surface area contributed by atoms with Gasteiger partial charge in [0, 0.05) is 30.1 Å². The molecule has 1 saturated heterocycles. The van der Waals surface area contributed by atoms with Gasteiger partial charge in [0.1, 0.15) is 5.02 Å². The fourth-order valence-corrected chi connectivity index (χ4v) is 5.37. The van der Waals surface area contributed by atoms with Gasteiger partial charge in [0.25, 0.3) is 5.69 Å². The Morgan fingerprint density at radius 2 is 1.87 bits per heavy atom. The maximum atomic E-state index is 12.9. The van der Waals surface area contributed by atoms with Gasteiger partial charge in [-0.1, -0.05) is 35.3 Å². The number of nitrogens with zero attached hydrogens (tertiary/aromatic N) is 2. The molecule has 0 aromatic heterocycles. The molecule has 0 radical (unpaired) electrons. The summed E-state index contributed by atoms with van der Waals surface area (Å²) in [6, 6.07) is 10.4. The van der Waals surface area contributed by atoms with Gasteiger partial charge in [-0.2, -0.15) is 4.31 Å². The van der Waals surface area contributed by atoms with Crippen LogP contribution >= 0.6 is 23.2 Å². The van der Waals surface area contributed by atoms with Crippen LogP contribution in [0.3, 0.4) is 0 Å². The van der Waals surface area contributed by atoms with Crippen LogP contribution < -0.4 is 5.32 Å². The largest absolute Gasteiger partial charge is 0.349 e. The molecule has 166 valence electrons. The molecule has 1 unspecified atom stereocenters. The summed E-state index contributed by atoms with van der Waals surface area (Å²) in [7, 11) is -3.93. The molecule has 1 amide bonds.